The van der Waals surface area contributed by atoms with Gasteiger partial charge in [-0.3, -0.25) is 9.59 Å². The van der Waals surface area contributed by atoms with Crippen molar-refractivity contribution >= 4 is 40.9 Å². The molecule has 0 bridgehead atoms. The fourth-order valence-electron chi connectivity index (χ4n) is 1.15. The number of ketones is 1. The molecule has 0 fully saturated rings. The second-order valence-electron chi connectivity index (χ2n) is 4.03. The molecule has 0 amide bonds. The maximum atomic E-state index is 11.2. The van der Waals surface area contributed by atoms with Crippen LogP contribution in [0, 0.1) is 0 Å². The van der Waals surface area contributed by atoms with E-state index in [1.54, 1.807) is 0 Å². The number of aliphatic carboxylic acids is 1. The number of hydrogen-bond acceptors (Lipinski definition) is 5. The molecule has 0 aliphatic rings. The third kappa shape index (κ3) is 11.1. The molecule has 3 N–H and O–H groups in total. The molecule has 0 aliphatic carbocycles. The van der Waals surface area contributed by atoms with Crippen LogP contribution in [0.3, 0.4) is 0 Å². The van der Waals surface area contributed by atoms with Crippen molar-refractivity contribution in [3.05, 3.63) is 35.9 Å². The summed E-state index contributed by atoms with van der Waals surface area (Å²) in [6.45, 7) is 0.225. The van der Waals surface area contributed by atoms with Crippen LogP contribution in [0.25, 0.3) is 0 Å². The highest BCUT2D eigenvalue weighted by Crippen LogP contribution is 2.02. The molecular formula is C14H17Cl2NO5. The lowest BCUT2D eigenvalue weighted by Crippen LogP contribution is -2.15. The minimum absolute atomic E-state index is 0.0219. The van der Waals surface area contributed by atoms with Gasteiger partial charge in [0.2, 0.25) is 4.84 Å². The van der Waals surface area contributed by atoms with E-state index in [4.69, 9.17) is 38.8 Å². The van der Waals surface area contributed by atoms with Gasteiger partial charge in [0.1, 0.15) is 12.4 Å². The lowest BCUT2D eigenvalue weighted by molar-refractivity contribution is -0.146. The standard InChI is InChI=1S/C12H15NO3.C2H2Cl2O2/c13-8-11(14)6-7-12(15)16-9-10-4-2-1-3-5-10;3-1(4)2(5)6/h1-5H,6-9,13H2;1H,(H,5,6). The van der Waals surface area contributed by atoms with E-state index in [1.165, 1.54) is 0 Å². The summed E-state index contributed by atoms with van der Waals surface area (Å²) in [6.07, 6.45) is 0.257. The molecule has 22 heavy (non-hydrogen) atoms. The Morgan fingerprint density at radius 2 is 1.68 bits per heavy atom. The summed E-state index contributed by atoms with van der Waals surface area (Å²) in [4.78, 5) is 30.2. The number of hydrogen-bond donors (Lipinski definition) is 2. The number of nitrogens with two attached hydrogens (primary N) is 1. The first-order valence-electron chi connectivity index (χ1n) is 6.29. The molecule has 0 saturated carbocycles. The molecule has 0 heterocycles. The van der Waals surface area contributed by atoms with E-state index in [0.717, 1.165) is 5.56 Å². The zero-order chi connectivity index (χ0) is 17.0. The minimum Gasteiger partial charge on any atom is -0.479 e. The van der Waals surface area contributed by atoms with Gasteiger partial charge in [-0.05, 0) is 5.56 Å². The van der Waals surface area contributed by atoms with Crippen molar-refractivity contribution in [3.8, 4) is 0 Å². The number of ether oxygens (including phenoxy) is 1. The third-order valence-electron chi connectivity index (χ3n) is 2.26. The second kappa shape index (κ2) is 12.0. The molecule has 0 unspecified atom stereocenters. The van der Waals surface area contributed by atoms with E-state index in [-0.39, 0.29) is 37.7 Å². The van der Waals surface area contributed by atoms with Crippen LogP contribution < -0.4 is 5.73 Å². The van der Waals surface area contributed by atoms with Gasteiger partial charge in [0.25, 0.3) is 0 Å². The Kier molecular flexibility index (Phi) is 11.1. The molecule has 0 aromatic heterocycles. The number of halogens is 2. The van der Waals surface area contributed by atoms with Crippen LogP contribution in [0.2, 0.25) is 0 Å². The van der Waals surface area contributed by atoms with E-state index in [0.29, 0.717) is 0 Å². The Labute approximate surface area is 138 Å². The Hall–Kier alpha value is -1.63. The average Bonchev–Trinajstić information content (AvgIpc) is 2.52. The second-order valence-corrected chi connectivity index (χ2v) is 5.12. The van der Waals surface area contributed by atoms with Crippen molar-refractivity contribution < 1.29 is 24.2 Å². The van der Waals surface area contributed by atoms with Crippen molar-refractivity contribution in [2.75, 3.05) is 6.54 Å². The number of rotatable bonds is 7. The molecule has 0 aliphatic heterocycles. The van der Waals surface area contributed by atoms with E-state index in [9.17, 15) is 14.4 Å². The molecule has 6 nitrogen and oxygen atoms in total. The molecule has 1 aromatic rings. The zero-order valence-electron chi connectivity index (χ0n) is 11.7. The van der Waals surface area contributed by atoms with Gasteiger partial charge in [0, 0.05) is 6.42 Å². The molecule has 1 aromatic carbocycles. The first-order chi connectivity index (χ1) is 10.4. The molecular weight excluding hydrogens is 333 g/mol. The van der Waals surface area contributed by atoms with Gasteiger partial charge < -0.3 is 15.6 Å². The van der Waals surface area contributed by atoms with Gasteiger partial charge in [0.05, 0.1) is 13.0 Å². The molecule has 0 saturated heterocycles. The Morgan fingerprint density at radius 1 is 1.14 bits per heavy atom. The van der Waals surface area contributed by atoms with Crippen LogP contribution >= 0.6 is 23.2 Å². The predicted octanol–water partition coefficient (Wildman–Crippen LogP) is 1.91. The summed E-state index contributed by atoms with van der Waals surface area (Å²) in [6, 6.07) is 9.39. The number of carbonyl (C=O) groups excluding carboxylic acids is 2. The summed E-state index contributed by atoms with van der Waals surface area (Å²) < 4.78 is 4.99. The lowest BCUT2D eigenvalue weighted by Gasteiger charge is -2.04. The molecule has 0 atom stereocenters. The molecule has 122 valence electrons. The predicted molar refractivity (Wildman–Crippen MR) is 82.7 cm³/mol. The largest absolute Gasteiger partial charge is 0.479 e. The van der Waals surface area contributed by atoms with Gasteiger partial charge in [-0.15, -0.1) is 0 Å². The van der Waals surface area contributed by atoms with Crippen molar-refractivity contribution in [2.24, 2.45) is 5.73 Å². The highest BCUT2D eigenvalue weighted by atomic mass is 35.5. The van der Waals surface area contributed by atoms with E-state index in [2.05, 4.69) is 0 Å². The summed E-state index contributed by atoms with van der Waals surface area (Å²) in [5.41, 5.74) is 6.05. The zero-order valence-corrected chi connectivity index (χ0v) is 13.2. The third-order valence-corrected chi connectivity index (χ3v) is 2.64. The lowest BCUT2D eigenvalue weighted by atomic mass is 10.2. The van der Waals surface area contributed by atoms with Gasteiger partial charge in [-0.2, -0.15) is 0 Å². The van der Waals surface area contributed by atoms with Crippen LogP contribution in [-0.2, 0) is 25.7 Å². The minimum atomic E-state index is -1.29. The maximum Gasteiger partial charge on any atom is 0.337 e. The van der Waals surface area contributed by atoms with Crippen LogP contribution in [-0.4, -0.2) is 34.2 Å². The van der Waals surface area contributed by atoms with E-state index < -0.39 is 10.8 Å². The topological polar surface area (TPSA) is 107 Å². The van der Waals surface area contributed by atoms with Crippen LogP contribution in [0.1, 0.15) is 18.4 Å². The normalized spacial score (nSPS) is 9.64. The number of Topliss-reactive ketones (excluding diaryl/α,β-unsaturated/α-hetero) is 1. The highest BCUT2D eigenvalue weighted by molar-refractivity contribution is 6.52. The Balaban J connectivity index is 0.000000626. The SMILES string of the molecule is NCC(=O)CCC(=O)OCc1ccccc1.O=C(O)C(Cl)Cl. The van der Waals surface area contributed by atoms with E-state index >= 15 is 0 Å². The maximum absolute atomic E-state index is 11.2. The van der Waals surface area contributed by atoms with Gasteiger partial charge in [0.15, 0.2) is 0 Å². The number of esters is 1. The van der Waals surface area contributed by atoms with Crippen LogP contribution in [0.15, 0.2) is 30.3 Å². The van der Waals surface area contributed by atoms with Crippen molar-refractivity contribution in [1.29, 1.82) is 0 Å². The first kappa shape index (κ1) is 20.4. The smallest absolute Gasteiger partial charge is 0.337 e. The number of carboxylic acids is 1. The Morgan fingerprint density at radius 3 is 2.14 bits per heavy atom. The summed E-state index contributed by atoms with van der Waals surface area (Å²) in [5.74, 6) is -1.71. The molecule has 0 spiro atoms. The molecule has 8 heteroatoms. The highest BCUT2D eigenvalue weighted by Gasteiger charge is 2.07. The summed E-state index contributed by atoms with van der Waals surface area (Å²) in [5, 5.41) is 7.73. The number of carboxylic acid groups (broad SMARTS) is 1. The van der Waals surface area contributed by atoms with Crippen molar-refractivity contribution in [1.82, 2.24) is 0 Å². The quantitative estimate of drug-likeness (QED) is 0.575. The van der Waals surface area contributed by atoms with Crippen LogP contribution in [0.5, 0.6) is 0 Å². The Bertz CT molecular complexity index is 479. The molecule has 0 radical (unpaired) electrons. The number of carbonyl (C=O) groups is 3. The summed E-state index contributed by atoms with van der Waals surface area (Å²) >= 11 is 9.56. The molecule has 1 rings (SSSR count). The number of alkyl halides is 2. The average molecular weight is 350 g/mol. The van der Waals surface area contributed by atoms with Crippen molar-refractivity contribution in [2.45, 2.75) is 24.3 Å². The van der Waals surface area contributed by atoms with Gasteiger partial charge >= 0.3 is 11.9 Å². The fraction of sp³-hybridized carbons (Fsp3) is 0.357. The van der Waals surface area contributed by atoms with Gasteiger partial charge in [-0.1, -0.05) is 53.5 Å². The summed E-state index contributed by atoms with van der Waals surface area (Å²) in [7, 11) is 0. The van der Waals surface area contributed by atoms with Crippen LogP contribution in [0.4, 0.5) is 0 Å². The first-order valence-corrected chi connectivity index (χ1v) is 7.16. The monoisotopic (exact) mass is 349 g/mol. The fourth-order valence-corrected chi connectivity index (χ4v) is 1.15. The van der Waals surface area contributed by atoms with E-state index in [1.807, 2.05) is 30.3 Å². The number of benzene rings is 1. The van der Waals surface area contributed by atoms with Gasteiger partial charge in [-0.25, -0.2) is 4.79 Å². The van der Waals surface area contributed by atoms with Crippen molar-refractivity contribution in [3.63, 3.8) is 0 Å².